The van der Waals surface area contributed by atoms with Gasteiger partial charge in [0.25, 0.3) is 0 Å². The van der Waals surface area contributed by atoms with Crippen molar-refractivity contribution in [1.29, 1.82) is 0 Å². The van der Waals surface area contributed by atoms with Crippen LogP contribution in [-0.2, 0) is 13.1 Å². The molecule has 1 nitrogen and oxygen atoms in total. The molecule has 0 unspecified atom stereocenters. The van der Waals surface area contributed by atoms with Crippen LogP contribution in [0.5, 0.6) is 0 Å². The standard InChI is InChI=1S/C13H15N/c1-14-10-12-8-6-4-2-3-5-7-9-13(12)11-14/h2-9H,10-11H2,1H3. The Balaban J connectivity index is 2.49. The zero-order chi connectivity index (χ0) is 9.80. The highest BCUT2D eigenvalue weighted by molar-refractivity contribution is 5.27. The van der Waals surface area contributed by atoms with Gasteiger partial charge in [0, 0.05) is 13.1 Å². The Kier molecular flexibility index (Phi) is 2.80. The summed E-state index contributed by atoms with van der Waals surface area (Å²) >= 11 is 0. The molecule has 0 aliphatic carbocycles. The second kappa shape index (κ2) is 4.25. The van der Waals surface area contributed by atoms with Gasteiger partial charge in [-0.15, -0.1) is 0 Å². The van der Waals surface area contributed by atoms with E-state index >= 15 is 0 Å². The van der Waals surface area contributed by atoms with E-state index < -0.39 is 0 Å². The maximum Gasteiger partial charge on any atom is 0.0237 e. The van der Waals surface area contributed by atoms with E-state index in [2.05, 4.69) is 48.3 Å². The Morgan fingerprint density at radius 3 is 1.71 bits per heavy atom. The summed E-state index contributed by atoms with van der Waals surface area (Å²) in [6, 6.07) is 16.9. The van der Waals surface area contributed by atoms with Crippen molar-refractivity contribution >= 4 is 0 Å². The predicted molar refractivity (Wildman–Crippen MR) is 59.2 cm³/mol. The molecule has 0 atom stereocenters. The molecule has 0 amide bonds. The lowest BCUT2D eigenvalue weighted by Gasteiger charge is -2.02. The zero-order valence-electron chi connectivity index (χ0n) is 8.48. The van der Waals surface area contributed by atoms with Gasteiger partial charge in [-0.3, -0.25) is 4.90 Å². The van der Waals surface area contributed by atoms with Crippen LogP contribution < -0.4 is 0 Å². The summed E-state index contributed by atoms with van der Waals surface area (Å²) in [5.41, 5.74) is 2.87. The molecule has 0 N–H and O–H groups in total. The monoisotopic (exact) mass is 185 g/mol. The van der Waals surface area contributed by atoms with Gasteiger partial charge in [0.1, 0.15) is 0 Å². The Hall–Kier alpha value is -1.34. The molecule has 0 aromatic heterocycles. The van der Waals surface area contributed by atoms with Crippen LogP contribution in [0.25, 0.3) is 0 Å². The van der Waals surface area contributed by atoms with Crippen molar-refractivity contribution in [2.24, 2.45) is 0 Å². The normalized spacial score (nSPS) is 14.6. The van der Waals surface area contributed by atoms with Crippen molar-refractivity contribution < 1.29 is 0 Å². The first-order valence-electron chi connectivity index (χ1n) is 4.95. The minimum atomic E-state index is 1.06. The second-order valence-electron chi connectivity index (χ2n) is 3.71. The van der Waals surface area contributed by atoms with Gasteiger partial charge in [0.15, 0.2) is 0 Å². The smallest absolute Gasteiger partial charge is 0.0237 e. The Morgan fingerprint density at radius 1 is 0.786 bits per heavy atom. The van der Waals surface area contributed by atoms with Crippen molar-refractivity contribution in [3.05, 3.63) is 59.7 Å². The molecule has 1 heteroatoms. The minimum absolute atomic E-state index is 1.06. The first-order chi connectivity index (χ1) is 6.86. The molecular weight excluding hydrogens is 170 g/mol. The van der Waals surface area contributed by atoms with E-state index in [4.69, 9.17) is 0 Å². The van der Waals surface area contributed by atoms with Crippen molar-refractivity contribution in [2.75, 3.05) is 7.05 Å². The Bertz CT molecular complexity index is 334. The molecule has 72 valence electrons. The van der Waals surface area contributed by atoms with Crippen molar-refractivity contribution in [1.82, 2.24) is 4.90 Å². The Morgan fingerprint density at radius 2 is 1.21 bits per heavy atom. The van der Waals surface area contributed by atoms with Gasteiger partial charge < -0.3 is 0 Å². The molecular formula is C13H15N. The molecule has 1 aromatic rings. The highest BCUT2D eigenvalue weighted by Crippen LogP contribution is 2.18. The molecule has 1 aliphatic rings. The molecule has 0 saturated carbocycles. The van der Waals surface area contributed by atoms with Gasteiger partial charge in [0.05, 0.1) is 0 Å². The third-order valence-electron chi connectivity index (χ3n) is 2.44. The summed E-state index contributed by atoms with van der Waals surface area (Å²) in [5.74, 6) is 0. The maximum absolute atomic E-state index is 2.32. The van der Waals surface area contributed by atoms with E-state index in [1.807, 2.05) is 12.1 Å². The summed E-state index contributed by atoms with van der Waals surface area (Å²) in [6.07, 6.45) is 0. The largest absolute Gasteiger partial charge is 0.298 e. The summed E-state index contributed by atoms with van der Waals surface area (Å²) in [7, 11) is 2.15. The summed E-state index contributed by atoms with van der Waals surface area (Å²) in [5, 5.41) is 0. The average molecular weight is 185 g/mol. The van der Waals surface area contributed by atoms with E-state index in [9.17, 15) is 0 Å². The molecule has 1 aliphatic heterocycles. The van der Waals surface area contributed by atoms with Gasteiger partial charge in [-0.05, 0) is 18.2 Å². The molecule has 1 aromatic carbocycles. The summed E-state index contributed by atoms with van der Waals surface area (Å²) < 4.78 is 0. The highest BCUT2D eigenvalue weighted by Gasteiger charge is 2.11. The third kappa shape index (κ3) is 2.12. The third-order valence-corrected chi connectivity index (χ3v) is 2.44. The number of hydrogen-bond donors (Lipinski definition) is 0. The van der Waals surface area contributed by atoms with Crippen LogP contribution in [0.15, 0.2) is 48.5 Å². The van der Waals surface area contributed by atoms with Gasteiger partial charge in [-0.25, -0.2) is 0 Å². The van der Waals surface area contributed by atoms with Crippen LogP contribution in [-0.4, -0.2) is 11.9 Å². The highest BCUT2D eigenvalue weighted by atomic mass is 15.1. The Labute approximate surface area is 85.3 Å². The van der Waals surface area contributed by atoms with Gasteiger partial charge >= 0.3 is 0 Å². The van der Waals surface area contributed by atoms with Crippen LogP contribution >= 0.6 is 0 Å². The van der Waals surface area contributed by atoms with E-state index in [-0.39, 0.29) is 0 Å². The average Bonchev–Trinajstić information content (AvgIpc) is 2.52. The fourth-order valence-corrected chi connectivity index (χ4v) is 1.76. The molecule has 0 spiro atoms. The van der Waals surface area contributed by atoms with Crippen LogP contribution in [0.2, 0.25) is 0 Å². The molecule has 0 saturated heterocycles. The molecule has 2 rings (SSSR count). The molecule has 0 fully saturated rings. The first-order valence-corrected chi connectivity index (χ1v) is 4.95. The van der Waals surface area contributed by atoms with Crippen molar-refractivity contribution in [3.63, 3.8) is 0 Å². The van der Waals surface area contributed by atoms with Crippen molar-refractivity contribution in [2.45, 2.75) is 13.1 Å². The number of hydrogen-bond acceptors (Lipinski definition) is 1. The molecule has 0 radical (unpaired) electrons. The summed E-state index contributed by atoms with van der Waals surface area (Å²) in [4.78, 5) is 2.32. The number of rotatable bonds is 0. The van der Waals surface area contributed by atoms with Crippen LogP contribution in [0.4, 0.5) is 0 Å². The lowest BCUT2D eigenvalue weighted by molar-refractivity contribution is 0.353. The fourth-order valence-electron chi connectivity index (χ4n) is 1.76. The van der Waals surface area contributed by atoms with Crippen LogP contribution in [0.1, 0.15) is 11.1 Å². The maximum atomic E-state index is 2.32. The van der Waals surface area contributed by atoms with E-state index in [1.165, 1.54) is 11.1 Å². The quantitative estimate of drug-likeness (QED) is 0.600. The molecule has 14 heavy (non-hydrogen) atoms. The van der Waals surface area contributed by atoms with Crippen molar-refractivity contribution in [3.8, 4) is 0 Å². The topological polar surface area (TPSA) is 3.24 Å². The zero-order valence-corrected chi connectivity index (χ0v) is 8.48. The lowest BCUT2D eigenvalue weighted by atomic mass is 10.2. The van der Waals surface area contributed by atoms with Gasteiger partial charge in [-0.2, -0.15) is 0 Å². The second-order valence-corrected chi connectivity index (χ2v) is 3.71. The van der Waals surface area contributed by atoms with E-state index in [1.54, 1.807) is 0 Å². The van der Waals surface area contributed by atoms with E-state index in [0.29, 0.717) is 0 Å². The predicted octanol–water partition coefficient (Wildman–Crippen LogP) is 2.76. The van der Waals surface area contributed by atoms with Crippen LogP contribution in [0.3, 0.4) is 0 Å². The molecule has 1 heterocycles. The van der Waals surface area contributed by atoms with Gasteiger partial charge in [-0.1, -0.05) is 48.5 Å². The van der Waals surface area contributed by atoms with Gasteiger partial charge in [0.2, 0.25) is 0 Å². The summed E-state index contributed by atoms with van der Waals surface area (Å²) in [6.45, 7) is 2.13. The fraction of sp³-hybridized carbons (Fsp3) is 0.231. The van der Waals surface area contributed by atoms with E-state index in [0.717, 1.165) is 13.1 Å². The SMILES string of the molecule is CN1Cc2ccccccccc2C1. The lowest BCUT2D eigenvalue weighted by Crippen LogP contribution is -2.07. The number of nitrogens with zero attached hydrogens (tertiary/aromatic N) is 1. The van der Waals surface area contributed by atoms with Crippen LogP contribution in [0, 0.1) is 0 Å². The molecule has 0 bridgehead atoms. The minimum Gasteiger partial charge on any atom is -0.298 e. The first kappa shape index (κ1) is 9.22. The number of fused-ring (bicyclic) bond motifs is 1.